The van der Waals surface area contributed by atoms with E-state index in [9.17, 15) is 9.59 Å². The van der Waals surface area contributed by atoms with E-state index < -0.39 is 11.2 Å². The van der Waals surface area contributed by atoms with Crippen LogP contribution in [0.2, 0.25) is 0 Å². The van der Waals surface area contributed by atoms with Crippen LogP contribution in [0.3, 0.4) is 0 Å². The van der Waals surface area contributed by atoms with Crippen LogP contribution in [-0.4, -0.2) is 31.2 Å². The molecule has 1 aliphatic rings. The van der Waals surface area contributed by atoms with Crippen LogP contribution >= 0.6 is 35.3 Å². The van der Waals surface area contributed by atoms with Gasteiger partial charge in [-0.3, -0.25) is 4.79 Å². The standard InChI is InChI=1S/C34H35N3O4S3/c1-40-27-19-11-10-18-26(27)36-34(42)35-23-15-12-16-24(21-23)43-30(22-13-6-5-7-14-22)31(38)37-32-29(33(39)41-2)25-17-8-3-4-9-20-28(25)44-32/h5-7,10-16,18-19,21,30H,3-4,8-9,17,20H2,1-2H3,(H,37,38)(H2,35,36,42). The second-order valence-corrected chi connectivity index (χ2v) is 13.0. The molecule has 3 N–H and O–H groups in total. The molecule has 0 saturated carbocycles. The number of benzene rings is 3. The van der Waals surface area contributed by atoms with Crippen LogP contribution in [0.5, 0.6) is 5.75 Å². The smallest absolute Gasteiger partial charge is 0.341 e. The molecule has 7 nitrogen and oxygen atoms in total. The average Bonchev–Trinajstić information content (AvgIpc) is 3.35. The van der Waals surface area contributed by atoms with Crippen molar-refractivity contribution in [2.75, 3.05) is 30.2 Å². The molecular weight excluding hydrogens is 611 g/mol. The number of hydrogen-bond donors (Lipinski definition) is 3. The largest absolute Gasteiger partial charge is 0.495 e. The van der Waals surface area contributed by atoms with E-state index in [0.717, 1.165) is 59.5 Å². The van der Waals surface area contributed by atoms with Gasteiger partial charge in [-0.2, -0.15) is 0 Å². The molecule has 0 fully saturated rings. The summed E-state index contributed by atoms with van der Waals surface area (Å²) in [5.74, 6) is 0.0804. The molecule has 0 bridgehead atoms. The molecule has 44 heavy (non-hydrogen) atoms. The Hall–Kier alpha value is -3.86. The molecule has 0 radical (unpaired) electrons. The number of carbonyl (C=O) groups is 2. The van der Waals surface area contributed by atoms with Crippen molar-refractivity contribution in [2.45, 2.75) is 48.7 Å². The number of esters is 1. The van der Waals surface area contributed by atoms with Gasteiger partial charge in [-0.1, -0.05) is 61.4 Å². The third-order valence-corrected chi connectivity index (χ3v) is 10.00. The summed E-state index contributed by atoms with van der Waals surface area (Å²) in [5.41, 5.74) is 3.92. The van der Waals surface area contributed by atoms with Gasteiger partial charge in [-0.15, -0.1) is 23.1 Å². The van der Waals surface area contributed by atoms with Crippen molar-refractivity contribution in [3.63, 3.8) is 0 Å². The molecule has 1 atom stereocenters. The molecule has 5 rings (SSSR count). The SMILES string of the molecule is COC(=O)c1c(NC(=O)C(Sc2cccc(NC(=S)Nc3ccccc3OC)c2)c2ccccc2)sc2c1CCCCCC2. The third-order valence-electron chi connectivity index (χ3n) is 7.34. The van der Waals surface area contributed by atoms with Gasteiger partial charge >= 0.3 is 5.97 Å². The molecule has 1 aliphatic carbocycles. The van der Waals surface area contributed by atoms with Gasteiger partial charge in [0.1, 0.15) is 16.0 Å². The molecule has 0 saturated heterocycles. The zero-order chi connectivity index (χ0) is 30.9. The number of anilines is 3. The maximum absolute atomic E-state index is 14.0. The Kier molecular flexibility index (Phi) is 10.9. The van der Waals surface area contributed by atoms with Crippen molar-refractivity contribution in [2.24, 2.45) is 0 Å². The van der Waals surface area contributed by atoms with Crippen LogP contribution in [-0.2, 0) is 22.4 Å². The summed E-state index contributed by atoms with van der Waals surface area (Å²) >= 11 is 8.50. The third kappa shape index (κ3) is 7.80. The maximum atomic E-state index is 14.0. The normalized spacial score (nSPS) is 13.4. The fourth-order valence-electron chi connectivity index (χ4n) is 5.22. The van der Waals surface area contributed by atoms with Gasteiger partial charge in [0.15, 0.2) is 5.11 Å². The van der Waals surface area contributed by atoms with E-state index in [0.29, 0.717) is 21.4 Å². The summed E-state index contributed by atoms with van der Waals surface area (Å²) in [6.45, 7) is 0. The Morgan fingerprint density at radius 3 is 2.39 bits per heavy atom. The number of fused-ring (bicyclic) bond motifs is 1. The van der Waals surface area contributed by atoms with Gasteiger partial charge < -0.3 is 25.4 Å². The van der Waals surface area contributed by atoms with Crippen molar-refractivity contribution < 1.29 is 19.1 Å². The number of rotatable bonds is 9. The second-order valence-electron chi connectivity index (χ2n) is 10.3. The van der Waals surface area contributed by atoms with Crippen molar-refractivity contribution in [3.8, 4) is 5.75 Å². The van der Waals surface area contributed by atoms with E-state index in [2.05, 4.69) is 16.0 Å². The van der Waals surface area contributed by atoms with Crippen LogP contribution < -0.4 is 20.7 Å². The monoisotopic (exact) mass is 645 g/mol. The molecule has 1 heterocycles. The van der Waals surface area contributed by atoms with E-state index in [1.807, 2.05) is 78.9 Å². The van der Waals surface area contributed by atoms with Gasteiger partial charge in [-0.25, -0.2) is 4.79 Å². The molecule has 228 valence electrons. The molecule has 4 aromatic rings. The Morgan fingerprint density at radius 2 is 1.61 bits per heavy atom. The highest BCUT2D eigenvalue weighted by molar-refractivity contribution is 8.00. The molecule has 3 aromatic carbocycles. The lowest BCUT2D eigenvalue weighted by Crippen LogP contribution is -2.20. The predicted molar refractivity (Wildman–Crippen MR) is 184 cm³/mol. The Morgan fingerprint density at radius 1 is 0.864 bits per heavy atom. The van der Waals surface area contributed by atoms with E-state index in [4.69, 9.17) is 21.7 Å². The Labute approximate surface area is 271 Å². The van der Waals surface area contributed by atoms with Gasteiger partial charge in [0, 0.05) is 15.5 Å². The summed E-state index contributed by atoms with van der Waals surface area (Å²) in [6.07, 6.45) is 6.13. The summed E-state index contributed by atoms with van der Waals surface area (Å²) in [6, 6.07) is 25.0. The number of thiophene rings is 1. The quantitative estimate of drug-likeness (QED) is 0.0949. The highest BCUT2D eigenvalue weighted by Crippen LogP contribution is 2.41. The average molecular weight is 646 g/mol. The van der Waals surface area contributed by atoms with Crippen molar-refractivity contribution in [1.29, 1.82) is 0 Å². The van der Waals surface area contributed by atoms with Gasteiger partial charge in [0.25, 0.3) is 0 Å². The first-order chi connectivity index (χ1) is 21.5. The van der Waals surface area contributed by atoms with Crippen LogP contribution in [0, 0.1) is 0 Å². The molecule has 1 amide bonds. The Bertz CT molecular complexity index is 1620. The first kappa shape index (κ1) is 31.6. The van der Waals surface area contributed by atoms with Gasteiger partial charge in [-0.05, 0) is 79.4 Å². The van der Waals surface area contributed by atoms with Crippen molar-refractivity contribution >= 4 is 68.7 Å². The topological polar surface area (TPSA) is 88.7 Å². The minimum Gasteiger partial charge on any atom is -0.495 e. The maximum Gasteiger partial charge on any atom is 0.341 e. The van der Waals surface area contributed by atoms with Gasteiger partial charge in [0.05, 0.1) is 25.5 Å². The number of para-hydroxylation sites is 2. The number of methoxy groups -OCH3 is 2. The number of aryl methyl sites for hydroxylation is 1. The van der Waals surface area contributed by atoms with E-state index >= 15 is 0 Å². The number of ether oxygens (including phenoxy) is 2. The van der Waals surface area contributed by atoms with Crippen molar-refractivity contribution in [1.82, 2.24) is 0 Å². The number of hydrogen-bond acceptors (Lipinski definition) is 7. The number of nitrogens with one attached hydrogen (secondary N) is 3. The van der Waals surface area contributed by atoms with E-state index in [-0.39, 0.29) is 5.91 Å². The number of thiocarbonyl (C=S) groups is 1. The van der Waals surface area contributed by atoms with Gasteiger partial charge in [0.2, 0.25) is 5.91 Å². The lowest BCUT2D eigenvalue weighted by molar-refractivity contribution is -0.115. The van der Waals surface area contributed by atoms with E-state index in [1.54, 1.807) is 7.11 Å². The Balaban J connectivity index is 1.37. The number of thioether (sulfide) groups is 1. The highest BCUT2D eigenvalue weighted by atomic mass is 32.2. The molecule has 1 unspecified atom stereocenters. The van der Waals surface area contributed by atoms with Crippen molar-refractivity contribution in [3.05, 3.63) is 100 Å². The van der Waals surface area contributed by atoms with Crippen LogP contribution in [0.1, 0.15) is 57.3 Å². The molecule has 10 heteroatoms. The zero-order valence-corrected chi connectivity index (χ0v) is 27.1. The lowest BCUT2D eigenvalue weighted by Gasteiger charge is -2.18. The first-order valence-electron chi connectivity index (χ1n) is 14.5. The fourth-order valence-corrected chi connectivity index (χ4v) is 7.81. The van der Waals surface area contributed by atoms with Crippen LogP contribution in [0.25, 0.3) is 0 Å². The minimum atomic E-state index is -0.569. The number of amides is 1. The number of carbonyl (C=O) groups excluding carboxylic acids is 2. The zero-order valence-electron chi connectivity index (χ0n) is 24.7. The van der Waals surface area contributed by atoms with Crippen LogP contribution in [0.4, 0.5) is 16.4 Å². The lowest BCUT2D eigenvalue weighted by atomic mass is 9.96. The minimum absolute atomic E-state index is 0.202. The molecular formula is C34H35N3O4S3. The fraction of sp³-hybridized carbons (Fsp3) is 0.265. The molecule has 0 spiro atoms. The first-order valence-corrected chi connectivity index (χ1v) is 16.6. The second kappa shape index (κ2) is 15.2. The molecule has 1 aromatic heterocycles. The summed E-state index contributed by atoms with van der Waals surface area (Å²) in [5, 5.41) is 9.95. The van der Waals surface area contributed by atoms with E-state index in [1.165, 1.54) is 41.5 Å². The van der Waals surface area contributed by atoms with Crippen LogP contribution in [0.15, 0.2) is 83.8 Å². The highest BCUT2D eigenvalue weighted by Gasteiger charge is 2.29. The predicted octanol–water partition coefficient (Wildman–Crippen LogP) is 8.48. The molecule has 0 aliphatic heterocycles. The summed E-state index contributed by atoms with van der Waals surface area (Å²) in [4.78, 5) is 29.0. The summed E-state index contributed by atoms with van der Waals surface area (Å²) in [7, 11) is 3.00. The summed E-state index contributed by atoms with van der Waals surface area (Å²) < 4.78 is 10.6.